The highest BCUT2D eigenvalue weighted by atomic mass is 32.2. The lowest BCUT2D eigenvalue weighted by atomic mass is 10.2. The zero-order chi connectivity index (χ0) is 19.5. The van der Waals surface area contributed by atoms with Crippen molar-refractivity contribution in [3.8, 4) is 17.1 Å². The molecule has 28 heavy (non-hydrogen) atoms. The minimum Gasteiger partial charge on any atom is -0.359 e. The van der Waals surface area contributed by atoms with Gasteiger partial charge in [0.1, 0.15) is 11.6 Å². The van der Waals surface area contributed by atoms with Crippen LogP contribution in [0.3, 0.4) is 0 Å². The van der Waals surface area contributed by atoms with Crippen LogP contribution in [0, 0.1) is 11.6 Å². The van der Waals surface area contributed by atoms with Crippen molar-refractivity contribution in [1.29, 1.82) is 0 Å². The first-order valence-corrected chi connectivity index (χ1v) is 9.37. The largest absolute Gasteiger partial charge is 0.359 e. The second-order valence-electron chi connectivity index (χ2n) is 5.90. The summed E-state index contributed by atoms with van der Waals surface area (Å²) < 4.78 is 29.4. The minimum atomic E-state index is -0.741. The molecule has 8 heteroatoms. The van der Waals surface area contributed by atoms with Crippen LogP contribution in [-0.4, -0.2) is 31.3 Å². The van der Waals surface area contributed by atoms with Crippen molar-refractivity contribution < 1.29 is 13.6 Å². The Labute approximate surface area is 163 Å². The lowest BCUT2D eigenvalue weighted by Crippen LogP contribution is -2.06. The van der Waals surface area contributed by atoms with Crippen LogP contribution >= 0.6 is 11.8 Å². The number of benzene rings is 2. The normalized spacial score (nSPS) is 10.9. The number of ketones is 1. The summed E-state index contributed by atoms with van der Waals surface area (Å²) in [6.45, 7) is 0. The topological polar surface area (TPSA) is 63.6 Å². The van der Waals surface area contributed by atoms with Gasteiger partial charge in [-0.05, 0) is 24.3 Å². The number of hydrogen-bond acceptors (Lipinski definition) is 4. The first-order valence-electron chi connectivity index (χ1n) is 8.39. The van der Waals surface area contributed by atoms with E-state index in [9.17, 15) is 13.6 Å². The molecule has 0 radical (unpaired) electrons. The number of nitrogens with one attached hydrogen (secondary N) is 1. The summed E-state index contributed by atoms with van der Waals surface area (Å²) in [4.78, 5) is 15.1. The van der Waals surface area contributed by atoms with Crippen molar-refractivity contribution in [3.05, 3.63) is 84.2 Å². The Morgan fingerprint density at radius 2 is 1.86 bits per heavy atom. The van der Waals surface area contributed by atoms with E-state index in [1.807, 2.05) is 30.3 Å². The van der Waals surface area contributed by atoms with Crippen molar-refractivity contribution in [2.75, 3.05) is 5.75 Å². The molecule has 2 heterocycles. The number of nitrogens with zero attached hydrogens (tertiary/aromatic N) is 3. The Kier molecular flexibility index (Phi) is 5.03. The van der Waals surface area contributed by atoms with Gasteiger partial charge in [0, 0.05) is 17.8 Å². The van der Waals surface area contributed by atoms with E-state index < -0.39 is 11.6 Å². The predicted octanol–water partition coefficient (Wildman–Crippen LogP) is 4.52. The third kappa shape index (κ3) is 3.59. The van der Waals surface area contributed by atoms with Crippen LogP contribution < -0.4 is 0 Å². The van der Waals surface area contributed by atoms with Crippen LogP contribution in [0.15, 0.2) is 72.0 Å². The Morgan fingerprint density at radius 3 is 2.57 bits per heavy atom. The molecule has 0 saturated carbocycles. The molecule has 1 N–H and O–H groups in total. The van der Waals surface area contributed by atoms with Gasteiger partial charge < -0.3 is 4.98 Å². The van der Waals surface area contributed by atoms with E-state index in [2.05, 4.69) is 15.2 Å². The van der Waals surface area contributed by atoms with Gasteiger partial charge in [0.15, 0.2) is 16.8 Å². The molecule has 0 saturated heterocycles. The predicted molar refractivity (Wildman–Crippen MR) is 103 cm³/mol. The van der Waals surface area contributed by atoms with Gasteiger partial charge in [-0.15, -0.1) is 10.2 Å². The smallest absolute Gasteiger partial charge is 0.196 e. The number of H-pyrrole nitrogens is 1. The van der Waals surface area contributed by atoms with Crippen LogP contribution in [-0.2, 0) is 0 Å². The molecular formula is C20H14F2N4OS. The number of thioether (sulfide) groups is 1. The maximum Gasteiger partial charge on any atom is 0.196 e. The highest BCUT2D eigenvalue weighted by Gasteiger charge is 2.20. The molecule has 140 valence electrons. The number of Topliss-reactive ketones (excluding diaryl/α,β-unsaturated/α-hetero) is 1. The Morgan fingerprint density at radius 1 is 1.04 bits per heavy atom. The molecule has 2 aromatic heterocycles. The number of carbonyl (C=O) groups is 1. The molecule has 0 unspecified atom stereocenters. The van der Waals surface area contributed by atoms with Crippen LogP contribution in [0.5, 0.6) is 0 Å². The van der Waals surface area contributed by atoms with Crippen LogP contribution in [0.2, 0.25) is 0 Å². The number of rotatable bonds is 6. The molecule has 0 aliphatic heterocycles. The van der Waals surface area contributed by atoms with Gasteiger partial charge in [-0.2, -0.15) is 0 Å². The summed E-state index contributed by atoms with van der Waals surface area (Å²) in [7, 11) is 0. The van der Waals surface area contributed by atoms with E-state index in [1.54, 1.807) is 18.3 Å². The summed E-state index contributed by atoms with van der Waals surface area (Å²) in [5, 5.41) is 8.66. The maximum absolute atomic E-state index is 14.5. The number of aromatic amines is 1. The quantitative estimate of drug-likeness (QED) is 0.385. The van der Waals surface area contributed by atoms with Crippen molar-refractivity contribution >= 4 is 17.5 Å². The Balaban J connectivity index is 1.74. The molecule has 0 atom stereocenters. The molecule has 0 aliphatic rings. The van der Waals surface area contributed by atoms with Gasteiger partial charge in [0.2, 0.25) is 0 Å². The monoisotopic (exact) mass is 396 g/mol. The van der Waals surface area contributed by atoms with Gasteiger partial charge in [0.25, 0.3) is 0 Å². The molecule has 4 rings (SSSR count). The third-order valence-corrected chi connectivity index (χ3v) is 4.98. The molecule has 5 nitrogen and oxygen atoms in total. The highest BCUT2D eigenvalue weighted by molar-refractivity contribution is 7.99. The summed E-state index contributed by atoms with van der Waals surface area (Å²) in [5.41, 5.74) is 1.32. The van der Waals surface area contributed by atoms with Crippen molar-refractivity contribution in [1.82, 2.24) is 19.7 Å². The van der Waals surface area contributed by atoms with Crippen LogP contribution in [0.1, 0.15) is 10.5 Å². The molecule has 0 amide bonds. The lowest BCUT2D eigenvalue weighted by Gasteiger charge is -2.11. The summed E-state index contributed by atoms with van der Waals surface area (Å²) >= 11 is 1.14. The van der Waals surface area contributed by atoms with Gasteiger partial charge in [-0.1, -0.05) is 42.1 Å². The standard InChI is InChI=1S/C20H14F2N4OS/c21-14-8-9-17(15(22)11-14)26-19(13-5-2-1-3-6-13)24-25-20(26)28-12-18(27)16-7-4-10-23-16/h1-11,23H,12H2. The number of halogens is 2. The fourth-order valence-electron chi connectivity index (χ4n) is 2.73. The number of hydrogen-bond donors (Lipinski definition) is 1. The van der Waals surface area contributed by atoms with Gasteiger partial charge in [-0.3, -0.25) is 9.36 Å². The van der Waals surface area contributed by atoms with E-state index >= 15 is 0 Å². The first-order chi connectivity index (χ1) is 13.6. The summed E-state index contributed by atoms with van der Waals surface area (Å²) in [5.74, 6) is -1.04. The molecule has 0 spiro atoms. The average molecular weight is 396 g/mol. The van der Waals surface area contributed by atoms with E-state index in [4.69, 9.17) is 0 Å². The van der Waals surface area contributed by atoms with Crippen molar-refractivity contribution in [2.24, 2.45) is 0 Å². The minimum absolute atomic E-state index is 0.0935. The lowest BCUT2D eigenvalue weighted by molar-refractivity contribution is 0.101. The van der Waals surface area contributed by atoms with E-state index in [0.29, 0.717) is 16.7 Å². The number of carbonyl (C=O) groups excluding carboxylic acids is 1. The van der Waals surface area contributed by atoms with Crippen LogP contribution in [0.25, 0.3) is 17.1 Å². The van der Waals surface area contributed by atoms with Gasteiger partial charge in [0.05, 0.1) is 17.1 Å². The maximum atomic E-state index is 14.5. The van der Waals surface area contributed by atoms with E-state index in [0.717, 1.165) is 23.4 Å². The van der Waals surface area contributed by atoms with Crippen LogP contribution in [0.4, 0.5) is 8.78 Å². The summed E-state index contributed by atoms with van der Waals surface area (Å²) in [6, 6.07) is 15.9. The first kappa shape index (κ1) is 18.1. The van der Waals surface area contributed by atoms with Crippen molar-refractivity contribution in [3.63, 3.8) is 0 Å². The zero-order valence-corrected chi connectivity index (χ0v) is 15.3. The van der Waals surface area contributed by atoms with Crippen molar-refractivity contribution in [2.45, 2.75) is 5.16 Å². The molecule has 2 aromatic carbocycles. The zero-order valence-electron chi connectivity index (χ0n) is 14.5. The Hall–Kier alpha value is -3.26. The SMILES string of the molecule is O=C(CSc1nnc(-c2ccccc2)n1-c1ccc(F)cc1F)c1ccc[nH]1. The fourth-order valence-corrected chi connectivity index (χ4v) is 3.56. The van der Waals surface area contributed by atoms with E-state index in [1.165, 1.54) is 16.7 Å². The van der Waals surface area contributed by atoms with Gasteiger partial charge >= 0.3 is 0 Å². The highest BCUT2D eigenvalue weighted by Crippen LogP contribution is 2.29. The molecule has 0 fully saturated rings. The molecule has 0 aliphatic carbocycles. The number of aromatic nitrogens is 4. The second-order valence-corrected chi connectivity index (χ2v) is 6.84. The van der Waals surface area contributed by atoms with Gasteiger partial charge in [-0.25, -0.2) is 8.78 Å². The average Bonchev–Trinajstić information content (AvgIpc) is 3.37. The Bertz CT molecular complexity index is 1110. The molecular weight excluding hydrogens is 382 g/mol. The molecule has 0 bridgehead atoms. The fraction of sp³-hybridized carbons (Fsp3) is 0.0500. The second kappa shape index (κ2) is 7.77. The van der Waals surface area contributed by atoms with E-state index in [-0.39, 0.29) is 17.2 Å². The third-order valence-electron chi connectivity index (χ3n) is 4.05. The molecule has 4 aromatic rings. The summed E-state index contributed by atoms with van der Waals surface area (Å²) in [6.07, 6.45) is 1.67.